The van der Waals surface area contributed by atoms with E-state index >= 15 is 0 Å². The molecule has 96 valence electrons. The number of piperidine rings is 1. The molecule has 0 radical (unpaired) electrons. The van der Waals surface area contributed by atoms with Crippen LogP contribution in [0.1, 0.15) is 26.7 Å². The van der Waals surface area contributed by atoms with Gasteiger partial charge in [-0.2, -0.15) is 4.31 Å². The molecular formula is C11H16BrNO2S2. The van der Waals surface area contributed by atoms with E-state index in [0.717, 1.165) is 16.6 Å². The van der Waals surface area contributed by atoms with E-state index in [0.29, 0.717) is 16.7 Å². The quantitative estimate of drug-likeness (QED) is 0.830. The number of hydrogen-bond donors (Lipinski definition) is 0. The summed E-state index contributed by atoms with van der Waals surface area (Å²) in [6.45, 7) is 4.77. The van der Waals surface area contributed by atoms with Gasteiger partial charge in [-0.1, -0.05) is 6.92 Å². The summed E-state index contributed by atoms with van der Waals surface area (Å²) >= 11 is 4.59. The summed E-state index contributed by atoms with van der Waals surface area (Å²) in [5.74, 6) is 0.432. The fraction of sp³-hybridized carbons (Fsp3) is 0.636. The maximum absolute atomic E-state index is 12.5. The van der Waals surface area contributed by atoms with Crippen LogP contribution < -0.4 is 0 Å². The number of hydrogen-bond acceptors (Lipinski definition) is 3. The molecule has 0 spiro atoms. The molecule has 1 saturated heterocycles. The molecule has 0 aromatic carbocycles. The van der Waals surface area contributed by atoms with E-state index in [9.17, 15) is 8.42 Å². The van der Waals surface area contributed by atoms with Crippen molar-refractivity contribution in [1.82, 2.24) is 4.31 Å². The van der Waals surface area contributed by atoms with E-state index in [2.05, 4.69) is 22.9 Å². The lowest BCUT2D eigenvalue weighted by Crippen LogP contribution is -2.45. The zero-order valence-electron chi connectivity index (χ0n) is 9.89. The number of rotatable bonds is 2. The lowest BCUT2D eigenvalue weighted by Gasteiger charge is -2.36. The largest absolute Gasteiger partial charge is 0.252 e. The Hall–Kier alpha value is 0.0900. The van der Waals surface area contributed by atoms with Crippen molar-refractivity contribution in [2.24, 2.45) is 5.92 Å². The van der Waals surface area contributed by atoms with Crippen LogP contribution in [0.2, 0.25) is 0 Å². The van der Waals surface area contributed by atoms with Gasteiger partial charge in [0.15, 0.2) is 0 Å². The van der Waals surface area contributed by atoms with Crippen LogP contribution in [0.4, 0.5) is 0 Å². The van der Waals surface area contributed by atoms with Crippen molar-refractivity contribution in [3.05, 3.63) is 15.9 Å². The second-order valence-electron chi connectivity index (χ2n) is 4.53. The van der Waals surface area contributed by atoms with Crippen molar-refractivity contribution >= 4 is 37.3 Å². The van der Waals surface area contributed by atoms with Crippen LogP contribution in [0.3, 0.4) is 0 Å². The van der Waals surface area contributed by atoms with Gasteiger partial charge in [0.25, 0.3) is 10.0 Å². The van der Waals surface area contributed by atoms with Crippen molar-refractivity contribution in [1.29, 1.82) is 0 Å². The summed E-state index contributed by atoms with van der Waals surface area (Å²) in [6, 6.07) is 3.56. The monoisotopic (exact) mass is 337 g/mol. The highest BCUT2D eigenvalue weighted by atomic mass is 79.9. The topological polar surface area (TPSA) is 37.4 Å². The summed E-state index contributed by atoms with van der Waals surface area (Å²) in [5, 5.41) is 0. The Morgan fingerprint density at radius 1 is 1.41 bits per heavy atom. The third-order valence-corrected chi connectivity index (χ3v) is 7.50. The van der Waals surface area contributed by atoms with Crippen molar-refractivity contribution in [2.45, 2.75) is 36.9 Å². The van der Waals surface area contributed by atoms with Gasteiger partial charge < -0.3 is 0 Å². The first-order chi connectivity index (χ1) is 7.93. The molecule has 1 fully saturated rings. The zero-order valence-corrected chi connectivity index (χ0v) is 13.1. The Bertz CT molecular complexity index is 497. The maximum atomic E-state index is 12.5. The standard InChI is InChI=1S/C11H16BrNO2S2/c1-8-4-3-7-13(9(8)2)17(14,15)11-6-5-10(12)16-11/h5-6,8-9H,3-4,7H2,1-2H3. The minimum absolute atomic E-state index is 0.0922. The second kappa shape index (κ2) is 4.99. The molecule has 0 aliphatic carbocycles. The third-order valence-electron chi connectivity index (χ3n) is 3.43. The highest BCUT2D eigenvalue weighted by molar-refractivity contribution is 9.11. The smallest absolute Gasteiger partial charge is 0.206 e. The number of thiophene rings is 1. The minimum Gasteiger partial charge on any atom is -0.206 e. The Morgan fingerprint density at radius 2 is 2.12 bits per heavy atom. The summed E-state index contributed by atoms with van der Waals surface area (Å²) in [6.07, 6.45) is 2.07. The highest BCUT2D eigenvalue weighted by Gasteiger charge is 2.35. The Labute approximate surface area is 115 Å². The first-order valence-electron chi connectivity index (χ1n) is 5.70. The fourth-order valence-corrected chi connectivity index (χ4v) is 6.09. The number of sulfonamides is 1. The van der Waals surface area contributed by atoms with Crippen LogP contribution in [0.15, 0.2) is 20.1 Å². The first-order valence-corrected chi connectivity index (χ1v) is 8.75. The average molecular weight is 338 g/mol. The van der Waals surface area contributed by atoms with Gasteiger partial charge in [-0.25, -0.2) is 8.42 Å². The summed E-state index contributed by atoms with van der Waals surface area (Å²) < 4.78 is 27.9. The highest BCUT2D eigenvalue weighted by Crippen LogP contribution is 2.33. The summed E-state index contributed by atoms with van der Waals surface area (Å²) in [7, 11) is -3.30. The second-order valence-corrected chi connectivity index (χ2v) is 9.11. The zero-order chi connectivity index (χ0) is 12.6. The SMILES string of the molecule is CC1CCCN(S(=O)(=O)c2ccc(Br)s2)C1C. The Kier molecular flexibility index (Phi) is 3.97. The van der Waals surface area contributed by atoms with Crippen molar-refractivity contribution in [2.75, 3.05) is 6.54 Å². The van der Waals surface area contributed by atoms with Gasteiger partial charge in [0.1, 0.15) is 4.21 Å². The summed E-state index contributed by atoms with van der Waals surface area (Å²) in [5.41, 5.74) is 0. The molecule has 6 heteroatoms. The molecule has 1 aliphatic heterocycles. The van der Waals surface area contributed by atoms with Crippen LogP contribution in [-0.4, -0.2) is 25.3 Å². The number of nitrogens with zero attached hydrogens (tertiary/aromatic N) is 1. The Morgan fingerprint density at radius 3 is 2.71 bits per heavy atom. The molecule has 0 saturated carbocycles. The van der Waals surface area contributed by atoms with Crippen molar-refractivity contribution < 1.29 is 8.42 Å². The average Bonchev–Trinajstić information content (AvgIpc) is 2.69. The van der Waals surface area contributed by atoms with Crippen LogP contribution in [0.5, 0.6) is 0 Å². The molecule has 2 atom stereocenters. The van der Waals surface area contributed by atoms with Crippen LogP contribution in [-0.2, 0) is 10.0 Å². The molecule has 1 aliphatic rings. The Balaban J connectivity index is 2.32. The minimum atomic E-state index is -3.30. The number of halogens is 1. The van der Waals surface area contributed by atoms with E-state index < -0.39 is 10.0 Å². The van der Waals surface area contributed by atoms with Crippen LogP contribution in [0, 0.1) is 5.92 Å². The van der Waals surface area contributed by atoms with Gasteiger partial charge >= 0.3 is 0 Å². The maximum Gasteiger partial charge on any atom is 0.252 e. The summed E-state index contributed by atoms with van der Waals surface area (Å²) in [4.78, 5) is 0. The van der Waals surface area contributed by atoms with Gasteiger partial charge in [0.2, 0.25) is 0 Å². The third kappa shape index (κ3) is 2.59. The first kappa shape index (κ1) is 13.5. The molecule has 2 heterocycles. The van der Waals surface area contributed by atoms with Crippen molar-refractivity contribution in [3.63, 3.8) is 0 Å². The van der Waals surface area contributed by atoms with E-state index in [4.69, 9.17) is 0 Å². The normalized spacial score (nSPS) is 27.2. The molecule has 0 bridgehead atoms. The molecule has 0 amide bonds. The molecule has 2 unspecified atom stereocenters. The van der Waals surface area contributed by atoms with Gasteiger partial charge in [-0.05, 0) is 53.7 Å². The van der Waals surface area contributed by atoms with Crippen LogP contribution in [0.25, 0.3) is 0 Å². The van der Waals surface area contributed by atoms with E-state index in [1.54, 1.807) is 16.4 Å². The van der Waals surface area contributed by atoms with Crippen LogP contribution >= 0.6 is 27.3 Å². The lowest BCUT2D eigenvalue weighted by molar-refractivity contribution is 0.202. The predicted molar refractivity (Wildman–Crippen MR) is 73.8 cm³/mol. The molecule has 0 N–H and O–H groups in total. The predicted octanol–water partition coefficient (Wildman–Crippen LogP) is 3.32. The molecule has 1 aromatic rings. The van der Waals surface area contributed by atoms with Gasteiger partial charge in [0.05, 0.1) is 3.79 Å². The van der Waals surface area contributed by atoms with E-state index in [-0.39, 0.29) is 6.04 Å². The van der Waals surface area contributed by atoms with Gasteiger partial charge in [-0.15, -0.1) is 11.3 Å². The van der Waals surface area contributed by atoms with E-state index in [1.807, 2.05) is 6.92 Å². The molecular weight excluding hydrogens is 322 g/mol. The fourth-order valence-electron chi connectivity index (χ4n) is 2.19. The van der Waals surface area contributed by atoms with Gasteiger partial charge in [0, 0.05) is 12.6 Å². The van der Waals surface area contributed by atoms with E-state index in [1.165, 1.54) is 11.3 Å². The molecule has 3 nitrogen and oxygen atoms in total. The lowest BCUT2D eigenvalue weighted by atomic mass is 9.94. The van der Waals surface area contributed by atoms with Crippen molar-refractivity contribution in [3.8, 4) is 0 Å². The molecule has 2 rings (SSSR count). The van der Waals surface area contributed by atoms with Gasteiger partial charge in [-0.3, -0.25) is 0 Å². The molecule has 17 heavy (non-hydrogen) atoms. The molecule has 1 aromatic heterocycles.